The van der Waals surface area contributed by atoms with Crippen molar-refractivity contribution in [3.8, 4) is 5.75 Å². The Bertz CT molecular complexity index is 476. The molecule has 0 bridgehead atoms. The minimum Gasteiger partial charge on any atom is -0.494 e. The van der Waals surface area contributed by atoms with E-state index < -0.39 is 0 Å². The van der Waals surface area contributed by atoms with E-state index in [2.05, 4.69) is 0 Å². The Morgan fingerprint density at radius 1 is 1.24 bits per heavy atom. The van der Waals surface area contributed by atoms with Crippen molar-refractivity contribution < 1.29 is 14.6 Å². The summed E-state index contributed by atoms with van der Waals surface area (Å²) in [5.41, 5.74) is 0. The topological polar surface area (TPSA) is 49.8 Å². The van der Waals surface area contributed by atoms with Crippen molar-refractivity contribution in [3.63, 3.8) is 0 Å². The second kappa shape index (κ2) is 6.48. The Hall–Kier alpha value is -1.55. The zero-order valence-electron chi connectivity index (χ0n) is 12.3. The molecule has 2 fully saturated rings. The van der Waals surface area contributed by atoms with Crippen molar-refractivity contribution in [1.29, 1.82) is 0 Å². The molecule has 1 aromatic carbocycles. The highest BCUT2D eigenvalue weighted by Crippen LogP contribution is 2.38. The zero-order chi connectivity index (χ0) is 14.7. The van der Waals surface area contributed by atoms with Crippen LogP contribution in [0.2, 0.25) is 0 Å². The molecule has 0 spiro atoms. The highest BCUT2D eigenvalue weighted by Gasteiger charge is 2.42. The van der Waals surface area contributed by atoms with E-state index in [1.165, 1.54) is 0 Å². The molecule has 114 valence electrons. The van der Waals surface area contributed by atoms with Crippen LogP contribution in [0.5, 0.6) is 5.75 Å². The Morgan fingerprint density at radius 3 is 2.81 bits per heavy atom. The average molecular weight is 289 g/mol. The number of aliphatic hydroxyl groups is 1. The Balaban J connectivity index is 1.37. The number of aliphatic hydroxyl groups excluding tert-OH is 1. The molecule has 1 aliphatic carbocycles. The van der Waals surface area contributed by atoms with Crippen molar-refractivity contribution in [1.82, 2.24) is 4.90 Å². The van der Waals surface area contributed by atoms with Crippen molar-refractivity contribution in [2.75, 3.05) is 19.7 Å². The van der Waals surface area contributed by atoms with Crippen LogP contribution in [0.3, 0.4) is 0 Å². The van der Waals surface area contributed by atoms with E-state index in [0.717, 1.165) is 38.1 Å². The van der Waals surface area contributed by atoms with Crippen LogP contribution in [-0.4, -0.2) is 41.7 Å². The fraction of sp³-hybridized carbons (Fsp3) is 0.588. The molecular formula is C17H23NO3. The molecule has 1 saturated carbocycles. The molecule has 1 aromatic rings. The monoisotopic (exact) mass is 289 g/mol. The van der Waals surface area contributed by atoms with Crippen LogP contribution in [0, 0.1) is 11.8 Å². The molecule has 3 unspecified atom stereocenters. The standard InChI is InChI=1S/C17H23NO3/c19-16-9-8-13-11-18(12-15(13)16)17(20)7-4-10-21-14-5-2-1-3-6-14/h1-3,5-6,13,15-16,19H,4,7-12H2. The molecule has 4 nitrogen and oxygen atoms in total. The van der Waals surface area contributed by atoms with Crippen LogP contribution in [0.1, 0.15) is 25.7 Å². The van der Waals surface area contributed by atoms with E-state index in [4.69, 9.17) is 4.74 Å². The van der Waals surface area contributed by atoms with Crippen LogP contribution in [0.25, 0.3) is 0 Å². The van der Waals surface area contributed by atoms with Gasteiger partial charge in [-0.25, -0.2) is 0 Å². The molecule has 1 aliphatic heterocycles. The number of carbonyl (C=O) groups excluding carboxylic acids is 1. The average Bonchev–Trinajstić information content (AvgIpc) is 3.07. The summed E-state index contributed by atoms with van der Waals surface area (Å²) in [6.45, 7) is 2.14. The van der Waals surface area contributed by atoms with Gasteiger partial charge in [0.1, 0.15) is 5.75 Å². The van der Waals surface area contributed by atoms with Gasteiger partial charge in [0.05, 0.1) is 12.7 Å². The molecule has 3 atom stereocenters. The lowest BCUT2D eigenvalue weighted by Crippen LogP contribution is -2.31. The van der Waals surface area contributed by atoms with Crippen molar-refractivity contribution in [2.45, 2.75) is 31.8 Å². The van der Waals surface area contributed by atoms with Gasteiger partial charge in [-0.05, 0) is 37.3 Å². The number of likely N-dealkylation sites (tertiary alicyclic amines) is 1. The Labute approximate surface area is 125 Å². The first-order valence-corrected chi connectivity index (χ1v) is 7.88. The van der Waals surface area contributed by atoms with Crippen LogP contribution in [-0.2, 0) is 4.79 Å². The lowest BCUT2D eigenvalue weighted by atomic mass is 10.00. The van der Waals surface area contributed by atoms with Crippen LogP contribution >= 0.6 is 0 Å². The number of nitrogens with zero attached hydrogens (tertiary/aromatic N) is 1. The lowest BCUT2D eigenvalue weighted by Gasteiger charge is -2.18. The number of rotatable bonds is 5. The van der Waals surface area contributed by atoms with E-state index >= 15 is 0 Å². The molecule has 21 heavy (non-hydrogen) atoms. The summed E-state index contributed by atoms with van der Waals surface area (Å²) in [6, 6.07) is 9.67. The number of ether oxygens (including phenoxy) is 1. The van der Waals surface area contributed by atoms with Gasteiger partial charge in [0.15, 0.2) is 0 Å². The van der Waals surface area contributed by atoms with Gasteiger partial charge in [-0.3, -0.25) is 4.79 Å². The van der Waals surface area contributed by atoms with Crippen LogP contribution in [0.15, 0.2) is 30.3 Å². The fourth-order valence-corrected chi connectivity index (χ4v) is 3.53. The highest BCUT2D eigenvalue weighted by molar-refractivity contribution is 5.76. The summed E-state index contributed by atoms with van der Waals surface area (Å²) < 4.78 is 5.60. The van der Waals surface area contributed by atoms with Gasteiger partial charge in [0.2, 0.25) is 5.91 Å². The molecule has 1 amide bonds. The number of hydrogen-bond acceptors (Lipinski definition) is 3. The second-order valence-electron chi connectivity index (χ2n) is 6.13. The van der Waals surface area contributed by atoms with Gasteiger partial charge in [0.25, 0.3) is 0 Å². The maximum absolute atomic E-state index is 12.2. The SMILES string of the molecule is O=C(CCCOc1ccccc1)N1CC2CCC(O)C2C1. The van der Waals surface area contributed by atoms with E-state index in [1.807, 2.05) is 35.2 Å². The van der Waals surface area contributed by atoms with Gasteiger partial charge in [-0.2, -0.15) is 0 Å². The number of amides is 1. The van der Waals surface area contributed by atoms with Gasteiger partial charge in [-0.15, -0.1) is 0 Å². The number of fused-ring (bicyclic) bond motifs is 1. The van der Waals surface area contributed by atoms with Gasteiger partial charge in [-0.1, -0.05) is 18.2 Å². The number of hydrogen-bond donors (Lipinski definition) is 1. The minimum atomic E-state index is -0.200. The third-order valence-corrected chi connectivity index (χ3v) is 4.72. The normalized spacial score (nSPS) is 27.7. The molecule has 3 rings (SSSR count). The van der Waals surface area contributed by atoms with Crippen LogP contribution < -0.4 is 4.74 Å². The van der Waals surface area contributed by atoms with Crippen molar-refractivity contribution >= 4 is 5.91 Å². The van der Waals surface area contributed by atoms with E-state index in [9.17, 15) is 9.90 Å². The fourth-order valence-electron chi connectivity index (χ4n) is 3.53. The predicted molar refractivity (Wildman–Crippen MR) is 80.0 cm³/mol. The molecule has 0 aromatic heterocycles. The Kier molecular flexibility index (Phi) is 4.44. The minimum absolute atomic E-state index is 0.200. The summed E-state index contributed by atoms with van der Waals surface area (Å²) in [6.07, 6.45) is 3.04. The van der Waals surface area contributed by atoms with Gasteiger partial charge >= 0.3 is 0 Å². The van der Waals surface area contributed by atoms with E-state index in [-0.39, 0.29) is 12.0 Å². The lowest BCUT2D eigenvalue weighted by molar-refractivity contribution is -0.130. The molecule has 1 saturated heterocycles. The molecule has 0 radical (unpaired) electrons. The largest absolute Gasteiger partial charge is 0.494 e. The molecule has 1 heterocycles. The Morgan fingerprint density at radius 2 is 2.05 bits per heavy atom. The summed E-state index contributed by atoms with van der Waals surface area (Å²) >= 11 is 0. The molecular weight excluding hydrogens is 266 g/mol. The summed E-state index contributed by atoms with van der Waals surface area (Å²) in [4.78, 5) is 14.1. The number of carbonyl (C=O) groups is 1. The number of benzene rings is 1. The first-order chi connectivity index (χ1) is 10.2. The quantitative estimate of drug-likeness (QED) is 0.844. The maximum atomic E-state index is 12.2. The van der Waals surface area contributed by atoms with Crippen molar-refractivity contribution in [2.24, 2.45) is 11.8 Å². The number of para-hydroxylation sites is 1. The molecule has 1 N–H and O–H groups in total. The van der Waals surface area contributed by atoms with Crippen LogP contribution in [0.4, 0.5) is 0 Å². The molecule has 4 heteroatoms. The predicted octanol–water partition coefficient (Wildman–Crippen LogP) is 2.07. The summed E-state index contributed by atoms with van der Waals surface area (Å²) in [7, 11) is 0. The molecule has 2 aliphatic rings. The first-order valence-electron chi connectivity index (χ1n) is 7.88. The van der Waals surface area contributed by atoms with Crippen molar-refractivity contribution in [3.05, 3.63) is 30.3 Å². The van der Waals surface area contributed by atoms with E-state index in [0.29, 0.717) is 24.9 Å². The van der Waals surface area contributed by atoms with Gasteiger partial charge < -0.3 is 14.7 Å². The second-order valence-corrected chi connectivity index (χ2v) is 6.13. The summed E-state index contributed by atoms with van der Waals surface area (Å²) in [5, 5.41) is 9.88. The highest BCUT2D eigenvalue weighted by atomic mass is 16.5. The third kappa shape index (κ3) is 3.38. The van der Waals surface area contributed by atoms with E-state index in [1.54, 1.807) is 0 Å². The zero-order valence-corrected chi connectivity index (χ0v) is 12.3. The maximum Gasteiger partial charge on any atom is 0.222 e. The van der Waals surface area contributed by atoms with Gasteiger partial charge in [0, 0.05) is 25.4 Å². The summed E-state index contributed by atoms with van der Waals surface area (Å²) in [5.74, 6) is 1.89. The third-order valence-electron chi connectivity index (χ3n) is 4.72. The smallest absolute Gasteiger partial charge is 0.222 e. The first kappa shape index (κ1) is 14.4.